The number of rotatable bonds is 38. The number of amides is 1. The number of phosphoric acid groups is 1. The highest BCUT2D eigenvalue weighted by Crippen LogP contribution is 2.38. The fourth-order valence-corrected chi connectivity index (χ4v) is 6.72. The van der Waals surface area contributed by atoms with Gasteiger partial charge in [-0.25, -0.2) is 0 Å². The molecule has 8 nitrogen and oxygen atoms in total. The Labute approximate surface area is 321 Å². The lowest BCUT2D eigenvalue weighted by molar-refractivity contribution is -0.870. The van der Waals surface area contributed by atoms with Crippen LogP contribution in [0.15, 0.2) is 36.5 Å². The van der Waals surface area contributed by atoms with E-state index in [1.165, 1.54) is 89.9 Å². The molecular weight excluding hydrogens is 671 g/mol. The zero-order chi connectivity index (χ0) is 38.6. The summed E-state index contributed by atoms with van der Waals surface area (Å²) in [5, 5.41) is 13.9. The molecule has 0 aromatic carbocycles. The number of phosphoric ester groups is 1. The predicted octanol–water partition coefficient (Wildman–Crippen LogP) is 10.9. The van der Waals surface area contributed by atoms with Crippen molar-refractivity contribution in [3.63, 3.8) is 0 Å². The first-order valence-corrected chi connectivity index (χ1v) is 22.8. The predicted molar refractivity (Wildman–Crippen MR) is 219 cm³/mol. The van der Waals surface area contributed by atoms with Gasteiger partial charge in [-0.2, -0.15) is 0 Å². The highest BCUT2D eigenvalue weighted by molar-refractivity contribution is 7.45. The van der Waals surface area contributed by atoms with Gasteiger partial charge in [0.05, 0.1) is 39.9 Å². The Morgan fingerprint density at radius 3 is 1.71 bits per heavy atom. The molecule has 0 aromatic heterocycles. The zero-order valence-electron chi connectivity index (χ0n) is 34.5. The fraction of sp³-hybridized carbons (Fsp3) is 0.837. The van der Waals surface area contributed by atoms with Gasteiger partial charge in [0.1, 0.15) is 13.2 Å². The molecule has 0 aromatic rings. The van der Waals surface area contributed by atoms with Gasteiger partial charge in [-0.3, -0.25) is 9.36 Å². The molecule has 0 radical (unpaired) electrons. The second-order valence-electron chi connectivity index (χ2n) is 15.7. The summed E-state index contributed by atoms with van der Waals surface area (Å²) in [7, 11) is 1.29. The molecule has 0 heterocycles. The van der Waals surface area contributed by atoms with Crippen LogP contribution in [-0.4, -0.2) is 68.5 Å². The van der Waals surface area contributed by atoms with Crippen molar-refractivity contribution >= 4 is 13.7 Å². The van der Waals surface area contributed by atoms with E-state index in [-0.39, 0.29) is 19.1 Å². The molecule has 52 heavy (non-hydrogen) atoms. The van der Waals surface area contributed by atoms with E-state index in [1.807, 2.05) is 21.1 Å². The number of quaternary nitrogens is 1. The number of hydrogen-bond acceptors (Lipinski definition) is 6. The maximum atomic E-state index is 12.8. The summed E-state index contributed by atoms with van der Waals surface area (Å²) in [5.74, 6) is -0.177. The second kappa shape index (κ2) is 35.4. The van der Waals surface area contributed by atoms with Crippen molar-refractivity contribution in [2.75, 3.05) is 40.9 Å². The molecule has 3 unspecified atom stereocenters. The van der Waals surface area contributed by atoms with Gasteiger partial charge >= 0.3 is 0 Å². The highest BCUT2D eigenvalue weighted by Gasteiger charge is 2.24. The summed E-state index contributed by atoms with van der Waals surface area (Å²) in [4.78, 5) is 25.3. The van der Waals surface area contributed by atoms with Crippen LogP contribution in [0.3, 0.4) is 0 Å². The molecule has 0 rings (SSSR count). The van der Waals surface area contributed by atoms with Crippen LogP contribution < -0.4 is 10.2 Å². The van der Waals surface area contributed by atoms with Crippen molar-refractivity contribution in [3.05, 3.63) is 36.5 Å². The molecule has 306 valence electrons. The minimum absolute atomic E-state index is 0.00923. The van der Waals surface area contributed by atoms with Crippen LogP contribution in [0.2, 0.25) is 0 Å². The molecule has 0 aliphatic heterocycles. The SMILES string of the molecule is CC/C=C\C/C=C\C/C=C\CCCCCCCCCC(=O)NC(COP(=O)([O-])OCC[N+](C)(C)C)C(O)CCCCCCCCCCCCCCC. The number of likely N-dealkylation sites (N-methyl/N-ethyl adjacent to an activating group) is 1. The smallest absolute Gasteiger partial charge is 0.268 e. The molecule has 0 spiro atoms. The van der Waals surface area contributed by atoms with Crippen molar-refractivity contribution in [1.82, 2.24) is 5.32 Å². The number of hydrogen-bond donors (Lipinski definition) is 2. The van der Waals surface area contributed by atoms with E-state index < -0.39 is 20.0 Å². The highest BCUT2D eigenvalue weighted by atomic mass is 31.2. The summed E-state index contributed by atoms with van der Waals surface area (Å²) in [6.07, 6.45) is 41.4. The lowest BCUT2D eigenvalue weighted by Crippen LogP contribution is -2.46. The molecule has 9 heteroatoms. The van der Waals surface area contributed by atoms with Gasteiger partial charge in [-0.1, -0.05) is 166 Å². The van der Waals surface area contributed by atoms with Gasteiger partial charge in [0.15, 0.2) is 0 Å². The van der Waals surface area contributed by atoms with Crippen molar-refractivity contribution < 1.29 is 32.9 Å². The van der Waals surface area contributed by atoms with Gasteiger partial charge in [-0.05, 0) is 44.9 Å². The largest absolute Gasteiger partial charge is 0.756 e. The van der Waals surface area contributed by atoms with Crippen molar-refractivity contribution in [1.29, 1.82) is 0 Å². The normalized spacial score (nSPS) is 14.8. The lowest BCUT2D eigenvalue weighted by atomic mass is 10.0. The first kappa shape index (κ1) is 50.7. The number of aliphatic hydroxyl groups is 1. The molecular formula is C43H83N2O6P. The Kier molecular flexibility index (Phi) is 34.6. The summed E-state index contributed by atoms with van der Waals surface area (Å²) in [6.45, 7) is 4.59. The van der Waals surface area contributed by atoms with E-state index in [0.29, 0.717) is 23.9 Å². The summed E-state index contributed by atoms with van der Waals surface area (Å²) in [5.41, 5.74) is 0. The van der Waals surface area contributed by atoms with Crippen molar-refractivity contribution in [2.45, 2.75) is 193 Å². The minimum Gasteiger partial charge on any atom is -0.756 e. The second-order valence-corrected chi connectivity index (χ2v) is 17.1. The number of aliphatic hydroxyl groups excluding tert-OH is 1. The maximum Gasteiger partial charge on any atom is 0.268 e. The average molecular weight is 755 g/mol. The molecule has 0 saturated heterocycles. The van der Waals surface area contributed by atoms with Gasteiger partial charge in [0.2, 0.25) is 5.91 Å². The van der Waals surface area contributed by atoms with Gasteiger partial charge in [0.25, 0.3) is 7.82 Å². The number of allylic oxidation sites excluding steroid dienone is 6. The van der Waals surface area contributed by atoms with Gasteiger partial charge in [-0.15, -0.1) is 0 Å². The molecule has 1 amide bonds. The Hall–Kier alpha value is -1.28. The van der Waals surface area contributed by atoms with Crippen LogP contribution in [0.25, 0.3) is 0 Å². The first-order valence-electron chi connectivity index (χ1n) is 21.3. The van der Waals surface area contributed by atoms with Crippen LogP contribution in [0, 0.1) is 0 Å². The van der Waals surface area contributed by atoms with Crippen molar-refractivity contribution in [3.8, 4) is 0 Å². The van der Waals surface area contributed by atoms with Gasteiger partial charge < -0.3 is 28.8 Å². The van der Waals surface area contributed by atoms with E-state index in [0.717, 1.165) is 64.2 Å². The molecule has 0 fully saturated rings. The summed E-state index contributed by atoms with van der Waals surface area (Å²) >= 11 is 0. The molecule has 0 aliphatic carbocycles. The van der Waals surface area contributed by atoms with E-state index in [1.54, 1.807) is 0 Å². The number of carbonyl (C=O) groups excluding carboxylic acids is 1. The topological polar surface area (TPSA) is 108 Å². The standard InChI is InChI=1S/C43H83N2O6P/c1-6-8-10-12-14-16-18-20-21-22-23-25-27-29-31-33-35-37-43(47)44-41(40-51-52(48,49)50-39-38-45(3,4)5)42(46)36-34-32-30-28-26-24-19-17-15-13-11-9-7-2/h8,10,14,16,20-21,41-42,46H,6-7,9,11-13,15,17-19,22-40H2,1-5H3,(H-,44,47,48,49)/b10-8-,16-14-,21-20-. The number of nitrogens with zero attached hydrogens (tertiary/aromatic N) is 1. The van der Waals surface area contributed by atoms with Crippen molar-refractivity contribution in [2.24, 2.45) is 0 Å². The molecule has 3 atom stereocenters. The Bertz CT molecular complexity index is 948. The summed E-state index contributed by atoms with van der Waals surface area (Å²) in [6, 6.07) is -0.804. The number of carbonyl (C=O) groups is 1. The van der Waals surface area contributed by atoms with E-state index in [2.05, 4.69) is 55.6 Å². The molecule has 0 bridgehead atoms. The first-order chi connectivity index (χ1) is 25.0. The molecule has 0 aliphatic rings. The third-order valence-electron chi connectivity index (χ3n) is 9.39. The average Bonchev–Trinajstić information content (AvgIpc) is 3.09. The Morgan fingerprint density at radius 1 is 0.692 bits per heavy atom. The lowest BCUT2D eigenvalue weighted by Gasteiger charge is -2.30. The van der Waals surface area contributed by atoms with Crippen LogP contribution in [-0.2, 0) is 18.4 Å². The van der Waals surface area contributed by atoms with Crippen LogP contribution in [0.4, 0.5) is 0 Å². The third-order valence-corrected chi connectivity index (χ3v) is 10.4. The maximum absolute atomic E-state index is 12.8. The van der Waals surface area contributed by atoms with Crippen LogP contribution in [0.1, 0.15) is 181 Å². The van der Waals surface area contributed by atoms with E-state index >= 15 is 0 Å². The third kappa shape index (κ3) is 37.1. The quantitative estimate of drug-likeness (QED) is 0.0281. The summed E-state index contributed by atoms with van der Waals surface area (Å²) < 4.78 is 23.2. The van der Waals surface area contributed by atoms with E-state index in [4.69, 9.17) is 9.05 Å². The molecule has 0 saturated carbocycles. The number of nitrogens with one attached hydrogen (secondary N) is 1. The Morgan fingerprint density at radius 2 is 1.17 bits per heavy atom. The van der Waals surface area contributed by atoms with Gasteiger partial charge in [0, 0.05) is 6.42 Å². The number of unbranched alkanes of at least 4 members (excludes halogenated alkanes) is 19. The Balaban J connectivity index is 4.40. The van der Waals surface area contributed by atoms with Crippen LogP contribution >= 0.6 is 7.82 Å². The monoisotopic (exact) mass is 755 g/mol. The zero-order valence-corrected chi connectivity index (χ0v) is 35.4. The van der Waals surface area contributed by atoms with Crippen LogP contribution in [0.5, 0.6) is 0 Å². The van der Waals surface area contributed by atoms with E-state index in [9.17, 15) is 19.4 Å². The minimum atomic E-state index is -4.56. The molecule has 2 N–H and O–H groups in total. The fourth-order valence-electron chi connectivity index (χ4n) is 5.99.